The van der Waals surface area contributed by atoms with Crippen LogP contribution in [0.25, 0.3) is 21.6 Å². The second-order valence-corrected chi connectivity index (χ2v) is 36.7. The molecule has 0 aliphatic heterocycles. The van der Waals surface area contributed by atoms with E-state index < -0.39 is 186 Å². The lowest BCUT2D eigenvalue weighted by atomic mass is 9.76. The number of ketones is 4. The summed E-state index contributed by atoms with van der Waals surface area (Å²) in [5, 5.41) is 15.1. The van der Waals surface area contributed by atoms with E-state index in [4.69, 9.17) is 54.9 Å². The molecule has 0 saturated carbocycles. The van der Waals surface area contributed by atoms with E-state index in [1.165, 1.54) is 39.3 Å². The second kappa shape index (κ2) is 48.2. The number of esters is 1. The van der Waals surface area contributed by atoms with E-state index in [9.17, 15) is 19.2 Å². The lowest BCUT2D eigenvalue weighted by Crippen LogP contribution is -2.57. The van der Waals surface area contributed by atoms with Gasteiger partial charge in [0.05, 0.1) is 92.8 Å². The van der Waals surface area contributed by atoms with Crippen molar-refractivity contribution in [2.24, 2.45) is 33.8 Å². The van der Waals surface area contributed by atoms with E-state index in [0.29, 0.717) is 84.9 Å². The van der Waals surface area contributed by atoms with Gasteiger partial charge in [0.1, 0.15) is 46.5 Å². The molecule has 28 heteroatoms. The molecule has 0 radical (unpaired) electrons. The number of aryl methyl sites for hydroxylation is 4. The molecular formula is C98H134FN9O18. The summed E-state index contributed by atoms with van der Waals surface area (Å²) in [5.74, 6) is -9.89. The van der Waals surface area contributed by atoms with Gasteiger partial charge in [-0.1, -0.05) is 115 Å². The van der Waals surface area contributed by atoms with Gasteiger partial charge in [0.25, 0.3) is 5.91 Å². The molecule has 0 saturated heterocycles. The summed E-state index contributed by atoms with van der Waals surface area (Å²) in [4.78, 5) is 152. The van der Waals surface area contributed by atoms with Crippen molar-refractivity contribution in [3.63, 3.8) is 0 Å². The molecule has 0 fully saturated rings. The number of amides is 5. The molecule has 0 heterocycles. The lowest BCUT2D eigenvalue weighted by Gasteiger charge is -2.36. The van der Waals surface area contributed by atoms with E-state index in [1.54, 1.807) is 145 Å². The molecule has 126 heavy (non-hydrogen) atoms. The third-order valence-electron chi connectivity index (χ3n) is 21.0. The highest BCUT2D eigenvalue weighted by molar-refractivity contribution is 6.00. The molecule has 6 aromatic rings. The molecule has 0 spiro atoms. The normalized spacial score (nSPS) is 14.4. The first kappa shape index (κ1) is 104. The van der Waals surface area contributed by atoms with E-state index in [1.807, 2.05) is 63.2 Å². The number of methoxy groups -OCH3 is 2. The van der Waals surface area contributed by atoms with Gasteiger partial charge in [-0.05, 0) is 243 Å². The highest BCUT2D eigenvalue weighted by atomic mass is 19.1. The van der Waals surface area contributed by atoms with Gasteiger partial charge >= 0.3 is 5.97 Å². The molecule has 686 valence electrons. The van der Waals surface area contributed by atoms with Crippen molar-refractivity contribution in [1.82, 2.24) is 21.3 Å². The summed E-state index contributed by atoms with van der Waals surface area (Å²) in [7, 11) is 3.01. The maximum Gasteiger partial charge on any atom is 0.308 e. The van der Waals surface area contributed by atoms with Crippen molar-refractivity contribution in [3.05, 3.63) is 188 Å². The number of Topliss-reactive ketones (excluding diaryl/α,β-unsaturated/α-hetero) is 4. The molecule has 6 aromatic carbocycles. The van der Waals surface area contributed by atoms with Crippen LogP contribution in [0.15, 0.2) is 133 Å². The first-order valence-corrected chi connectivity index (χ1v) is 43.3. The summed E-state index contributed by atoms with van der Waals surface area (Å²) < 4.78 is 64.0. The standard InChI is InChI=1S/C98H134FN9O18/c1-21-66-49-74(121-44-25-24-43-103-108-102)40-41-75(66)67-33-31-64(32-34-67)48-70(91(116)104-79(30-26-27-65-46-60(2)45-61(3)47-65)82(110)53-77(76-42-39-73(119-19)52-85(76)120-20)68-35-37-72(38-36-68)122-59-86(101)113)50-81(109)80(54-88(115)126-97(15,16)17)105-92(117)71(58-123-94(6,7)8)51-83(111)89(62(4)124-95(9,10)11)107-93(118)98(18,55-69-28-22-23-29-78(69)99)56-84(112)90(106-87(114)57-100)63(5)125-96(12,13)14/h22-23,28-29,31-42,45-47,49,52,62-63,70-71,77,79-80,89-90H,21,24-27,30,43-44,48,50-51,53-59,100H2,1-20H3,(H2,101,113)(H,104,116)(H,105,117)(H,106,114)(H,107,118)/t62-,63-,70-,71+,77?,79+,80+,89+,90+,98-/m1/s1. The van der Waals surface area contributed by atoms with E-state index >= 15 is 33.2 Å². The minimum Gasteiger partial charge on any atom is -0.497 e. The first-order valence-electron chi connectivity index (χ1n) is 43.3. The largest absolute Gasteiger partial charge is 0.497 e. The van der Waals surface area contributed by atoms with Crippen LogP contribution in [-0.2, 0) is 92.6 Å². The number of benzene rings is 6. The predicted molar refractivity (Wildman–Crippen MR) is 482 cm³/mol. The fourth-order valence-electron chi connectivity index (χ4n) is 15.2. The Balaban J connectivity index is 1.48. The lowest BCUT2D eigenvalue weighted by molar-refractivity contribution is -0.156. The summed E-state index contributed by atoms with van der Waals surface area (Å²) >= 11 is 0. The Morgan fingerprint density at radius 3 is 1.75 bits per heavy atom. The maximum absolute atomic E-state index is 16.1. The van der Waals surface area contributed by atoms with Gasteiger partial charge in [0, 0.05) is 60.6 Å². The smallest absolute Gasteiger partial charge is 0.308 e. The number of hydrogen-bond donors (Lipinski definition) is 6. The number of halogens is 1. The van der Waals surface area contributed by atoms with Gasteiger partial charge in [0.15, 0.2) is 29.7 Å². The van der Waals surface area contributed by atoms with Crippen LogP contribution in [-0.4, -0.2) is 165 Å². The minimum atomic E-state index is -1.89. The topological polar surface area (TPSA) is 393 Å². The van der Waals surface area contributed by atoms with Crippen molar-refractivity contribution in [2.75, 3.05) is 47.1 Å². The fourth-order valence-corrected chi connectivity index (χ4v) is 15.2. The molecule has 0 aromatic heterocycles. The van der Waals surface area contributed by atoms with Gasteiger partial charge in [-0.25, -0.2) is 4.39 Å². The Hall–Kier alpha value is -10.9. The second-order valence-electron chi connectivity index (χ2n) is 36.7. The Morgan fingerprint density at radius 2 is 1.17 bits per heavy atom. The van der Waals surface area contributed by atoms with Crippen molar-refractivity contribution in [1.29, 1.82) is 0 Å². The molecular weight excluding hydrogens is 1610 g/mol. The maximum atomic E-state index is 16.1. The van der Waals surface area contributed by atoms with Crippen molar-refractivity contribution < 1.29 is 90.2 Å². The summed E-state index contributed by atoms with van der Waals surface area (Å²) in [5.41, 5.74) is 21.8. The van der Waals surface area contributed by atoms with Gasteiger partial charge in [-0.3, -0.25) is 47.9 Å². The highest BCUT2D eigenvalue weighted by Gasteiger charge is 2.45. The average molecular weight is 1750 g/mol. The number of ether oxygens (including phenoxy) is 8. The van der Waals surface area contributed by atoms with Crippen LogP contribution in [0.3, 0.4) is 0 Å². The zero-order valence-corrected chi connectivity index (χ0v) is 77.3. The summed E-state index contributed by atoms with van der Waals surface area (Å²) in [6.07, 6.45) is -2.63. The van der Waals surface area contributed by atoms with E-state index in [2.05, 4.69) is 49.5 Å². The Bertz CT molecular complexity index is 4710. The third-order valence-corrected chi connectivity index (χ3v) is 21.0. The monoisotopic (exact) mass is 1740 g/mol. The van der Waals surface area contributed by atoms with Gasteiger partial charge in [-0.2, -0.15) is 0 Å². The molecule has 0 aliphatic rings. The van der Waals surface area contributed by atoms with Crippen LogP contribution >= 0.6 is 0 Å². The number of unbranched alkanes of at least 4 members (excludes halogenated alkanes) is 1. The van der Waals surface area contributed by atoms with Crippen molar-refractivity contribution >= 4 is 58.6 Å². The predicted octanol–water partition coefficient (Wildman–Crippen LogP) is 14.6. The molecule has 6 rings (SSSR count). The average Bonchev–Trinajstić information content (AvgIpc) is 0.805. The molecule has 10 atom stereocenters. The zero-order chi connectivity index (χ0) is 93.6. The number of nitrogens with two attached hydrogens (primary N) is 2. The molecule has 0 aliphatic carbocycles. The SMILES string of the molecule is CCc1cc(OCCCCN=[N+]=[N-])ccc1-c1ccc(C[C@H](CC(=O)[C@H](CC(=O)OC(C)(C)C)NC(=O)[C@H](COC(C)(C)C)CC(=O)[C@@H](NC(=O)[C@@](C)(CC(=O)[C@@H](NC(=O)CN)[C@@H](C)OC(C)(C)C)Cc2ccccc2F)[C@@H](C)OC(C)(C)C)C(=O)N[C@@H](CCCc2cc(C)cc(C)c2)C(=O)CC(c2ccc(OCC(N)=O)cc2)c2ccc(OC)cc2OC)cc1. The number of primary amides is 1. The minimum absolute atomic E-state index is 0.0473. The van der Waals surface area contributed by atoms with Crippen LogP contribution < -0.4 is 51.7 Å². The van der Waals surface area contributed by atoms with E-state index in [-0.39, 0.29) is 37.2 Å². The quantitative estimate of drug-likeness (QED) is 0.00679. The van der Waals surface area contributed by atoms with Crippen LogP contribution in [0.2, 0.25) is 0 Å². The number of nitrogens with one attached hydrogen (secondary N) is 4. The molecule has 8 N–H and O–H groups in total. The van der Waals surface area contributed by atoms with Gasteiger partial charge in [0.2, 0.25) is 23.6 Å². The Morgan fingerprint density at radius 1 is 0.571 bits per heavy atom. The number of hydrogen-bond acceptors (Lipinski definition) is 20. The number of rotatable bonds is 51. The van der Waals surface area contributed by atoms with Crippen molar-refractivity contribution in [2.45, 2.75) is 273 Å². The van der Waals surface area contributed by atoms with Gasteiger partial charge in [-0.15, -0.1) is 0 Å². The summed E-state index contributed by atoms with van der Waals surface area (Å²) in [6.45, 7) is 30.5. The number of carbonyl (C=O) groups excluding carboxylic acids is 10. The van der Waals surface area contributed by atoms with E-state index in [0.717, 1.165) is 33.4 Å². The van der Waals surface area contributed by atoms with Crippen molar-refractivity contribution in [3.8, 4) is 34.1 Å². The fraction of sp³-hybridized carbons (Fsp3) is 0.531. The molecule has 1 unspecified atom stereocenters. The molecule has 0 bridgehead atoms. The third kappa shape index (κ3) is 34.8. The van der Waals surface area contributed by atoms with Crippen LogP contribution in [0.4, 0.5) is 4.39 Å². The summed E-state index contributed by atoms with van der Waals surface area (Å²) in [6, 6.07) is 31.3. The zero-order valence-electron chi connectivity index (χ0n) is 77.3. The van der Waals surface area contributed by atoms with Crippen LogP contribution in [0.1, 0.15) is 219 Å². The Labute approximate surface area is 742 Å². The first-order chi connectivity index (χ1) is 59.1. The molecule has 27 nitrogen and oxygen atoms in total. The number of azide groups is 1. The Kier molecular flexibility index (Phi) is 39.7. The highest BCUT2D eigenvalue weighted by Crippen LogP contribution is 2.40. The number of carbonyl (C=O) groups is 10. The number of nitrogens with zero attached hydrogens (tertiary/aromatic N) is 3. The van der Waals surface area contributed by atoms with Crippen LogP contribution in [0, 0.1) is 36.9 Å². The molecule has 5 amide bonds. The van der Waals surface area contributed by atoms with Crippen LogP contribution in [0.5, 0.6) is 23.0 Å². The van der Waals surface area contributed by atoms with Gasteiger partial charge < -0.3 is 70.6 Å².